The fourth-order valence-electron chi connectivity index (χ4n) is 3.05. The van der Waals surface area contributed by atoms with Crippen LogP contribution in [-0.4, -0.2) is 57.7 Å². The number of nitrogens with one attached hydrogen (secondary N) is 2. The lowest BCUT2D eigenvalue weighted by Gasteiger charge is -2.27. The highest BCUT2D eigenvalue weighted by Crippen LogP contribution is 2.30. The Kier molecular flexibility index (Phi) is 8.89. The smallest absolute Gasteiger partial charge is 0.250 e. The molecule has 0 aliphatic carbocycles. The molecule has 2 heterocycles. The van der Waals surface area contributed by atoms with Gasteiger partial charge in [-0.3, -0.25) is 0 Å². The van der Waals surface area contributed by atoms with Gasteiger partial charge < -0.3 is 25.2 Å². The van der Waals surface area contributed by atoms with Crippen molar-refractivity contribution in [3.05, 3.63) is 50.4 Å². The molecule has 1 fully saturated rings. The molecule has 10 nitrogen and oxygen atoms in total. The highest BCUT2D eigenvalue weighted by atomic mass is 79.9. The Balaban J connectivity index is 0.00000324. The van der Waals surface area contributed by atoms with Gasteiger partial charge in [0, 0.05) is 29.2 Å². The van der Waals surface area contributed by atoms with Gasteiger partial charge in [0.05, 0.1) is 29.6 Å². The lowest BCUT2D eigenvalue weighted by Crippen LogP contribution is -2.37. The summed E-state index contributed by atoms with van der Waals surface area (Å²) >= 11 is 6.78. The number of rotatable bonds is 6. The van der Waals surface area contributed by atoms with Crippen molar-refractivity contribution in [2.24, 2.45) is 5.10 Å². The second-order valence-electron chi connectivity index (χ2n) is 7.22. The number of aromatic nitrogens is 3. The first-order chi connectivity index (χ1) is 15.9. The topological polar surface area (TPSA) is 128 Å². The average Bonchev–Trinajstić information content (AvgIpc) is 2.79. The van der Waals surface area contributed by atoms with Gasteiger partial charge >= 0.3 is 0 Å². The predicted octanol–water partition coefficient (Wildman–Crippen LogP) is 4.56. The molecule has 1 aliphatic rings. The summed E-state index contributed by atoms with van der Waals surface area (Å²) < 4.78 is 6.75. The van der Waals surface area contributed by atoms with Crippen LogP contribution in [0.15, 0.2) is 44.4 Å². The zero-order chi connectivity index (χ0) is 23.4. The number of hydrazone groups is 1. The third-order valence-corrected chi connectivity index (χ3v) is 6.04. The number of morpholine rings is 1. The van der Waals surface area contributed by atoms with Crippen LogP contribution in [0, 0.1) is 6.92 Å². The van der Waals surface area contributed by atoms with E-state index in [2.05, 4.69) is 62.7 Å². The Morgan fingerprint density at radius 3 is 2.47 bits per heavy atom. The van der Waals surface area contributed by atoms with Crippen LogP contribution in [0.4, 0.5) is 23.5 Å². The number of phenolic OH excluding ortho intramolecular Hbond substituents is 2. The number of phenols is 2. The van der Waals surface area contributed by atoms with Gasteiger partial charge in [-0.05, 0) is 62.5 Å². The number of benzene rings is 2. The van der Waals surface area contributed by atoms with Crippen molar-refractivity contribution in [1.29, 1.82) is 0 Å². The summed E-state index contributed by atoms with van der Waals surface area (Å²) in [5.74, 6) is 0.891. The molecule has 1 aliphatic heterocycles. The van der Waals surface area contributed by atoms with Crippen molar-refractivity contribution in [3.63, 3.8) is 0 Å². The molecule has 180 valence electrons. The standard InChI is InChI=1S/C21H21Br2N7O3.ClH/c1-12-2-3-16(14(22)8-12)25-19-26-20(28-21(27-19)30-4-6-33-7-5-30)29-24-11-13-9-15(23)18(32)10-17(13)31;/h2-3,8-11,31-32H,4-7H2,1H3,(H2,25,26,27,28,29);1H/b24-11-;. The first-order valence-electron chi connectivity index (χ1n) is 10.0. The van der Waals surface area contributed by atoms with Crippen molar-refractivity contribution < 1.29 is 14.9 Å². The maximum absolute atomic E-state index is 10.0. The highest BCUT2D eigenvalue weighted by molar-refractivity contribution is 9.11. The molecule has 0 bridgehead atoms. The molecule has 0 amide bonds. The number of ether oxygens (including phenoxy) is 1. The molecule has 1 aromatic heterocycles. The van der Waals surface area contributed by atoms with E-state index in [0.29, 0.717) is 48.2 Å². The van der Waals surface area contributed by atoms with Crippen LogP contribution in [0.5, 0.6) is 11.5 Å². The molecule has 1 saturated heterocycles. The number of hydrogen-bond donors (Lipinski definition) is 4. The van der Waals surface area contributed by atoms with E-state index in [1.165, 1.54) is 12.3 Å². The lowest BCUT2D eigenvalue weighted by molar-refractivity contribution is 0.122. The van der Waals surface area contributed by atoms with Crippen LogP contribution < -0.4 is 15.6 Å². The second-order valence-corrected chi connectivity index (χ2v) is 8.93. The van der Waals surface area contributed by atoms with Gasteiger partial charge in [-0.1, -0.05) is 6.07 Å². The molecule has 13 heteroatoms. The van der Waals surface area contributed by atoms with Crippen molar-refractivity contribution in [2.45, 2.75) is 6.92 Å². The number of halogens is 3. The van der Waals surface area contributed by atoms with Crippen molar-refractivity contribution >= 4 is 74.0 Å². The first kappa shape index (κ1) is 25.9. The number of aromatic hydroxyl groups is 2. The summed E-state index contributed by atoms with van der Waals surface area (Å²) in [6.45, 7) is 4.52. The molecule has 0 atom stereocenters. The molecule has 0 spiro atoms. The fourth-order valence-corrected chi connectivity index (χ4v) is 4.00. The highest BCUT2D eigenvalue weighted by Gasteiger charge is 2.17. The van der Waals surface area contributed by atoms with E-state index < -0.39 is 0 Å². The molecule has 0 radical (unpaired) electrons. The van der Waals surface area contributed by atoms with Crippen molar-refractivity contribution in [1.82, 2.24) is 15.0 Å². The largest absolute Gasteiger partial charge is 0.507 e. The van der Waals surface area contributed by atoms with E-state index in [1.54, 1.807) is 6.07 Å². The Labute approximate surface area is 219 Å². The van der Waals surface area contributed by atoms with Gasteiger partial charge in [-0.2, -0.15) is 20.1 Å². The van der Waals surface area contributed by atoms with Gasteiger partial charge in [0.15, 0.2) is 0 Å². The Morgan fingerprint density at radius 2 is 1.74 bits per heavy atom. The van der Waals surface area contributed by atoms with Crippen molar-refractivity contribution in [2.75, 3.05) is 41.9 Å². The third kappa shape index (κ3) is 6.47. The number of hydrogen-bond acceptors (Lipinski definition) is 10. The van der Waals surface area contributed by atoms with Crippen LogP contribution in [0.3, 0.4) is 0 Å². The second kappa shape index (κ2) is 11.6. The van der Waals surface area contributed by atoms with Gasteiger partial charge in [0.1, 0.15) is 11.5 Å². The minimum Gasteiger partial charge on any atom is -0.507 e. The van der Waals surface area contributed by atoms with Crippen LogP contribution in [0.1, 0.15) is 11.1 Å². The van der Waals surface area contributed by atoms with Crippen LogP contribution in [0.25, 0.3) is 0 Å². The maximum Gasteiger partial charge on any atom is 0.250 e. The van der Waals surface area contributed by atoms with Crippen LogP contribution >= 0.6 is 44.3 Å². The SMILES string of the molecule is Cc1ccc(Nc2nc(N/N=C\c3cc(Br)c(O)cc3O)nc(N3CCOCC3)n2)c(Br)c1.Cl. The van der Waals surface area contributed by atoms with E-state index in [0.717, 1.165) is 15.7 Å². The normalized spacial score (nSPS) is 13.6. The predicted molar refractivity (Wildman–Crippen MR) is 141 cm³/mol. The lowest BCUT2D eigenvalue weighted by atomic mass is 10.2. The van der Waals surface area contributed by atoms with Crippen LogP contribution in [0.2, 0.25) is 0 Å². The molecule has 4 N–H and O–H groups in total. The van der Waals surface area contributed by atoms with Gasteiger partial charge in [-0.15, -0.1) is 12.4 Å². The number of anilines is 4. The summed E-state index contributed by atoms with van der Waals surface area (Å²) in [6.07, 6.45) is 1.40. The third-order valence-electron chi connectivity index (χ3n) is 4.75. The van der Waals surface area contributed by atoms with E-state index in [-0.39, 0.29) is 29.9 Å². The van der Waals surface area contributed by atoms with Crippen molar-refractivity contribution in [3.8, 4) is 11.5 Å². The molecular weight excluding hydrogens is 594 g/mol. The van der Waals surface area contributed by atoms with Crippen LogP contribution in [-0.2, 0) is 4.74 Å². The number of nitrogens with zero attached hydrogens (tertiary/aromatic N) is 5. The minimum atomic E-state index is -0.113. The maximum atomic E-state index is 10.0. The van der Waals surface area contributed by atoms with E-state index >= 15 is 0 Å². The first-order valence-corrected chi connectivity index (χ1v) is 11.6. The Hall–Kier alpha value is -2.67. The Morgan fingerprint density at radius 1 is 1.00 bits per heavy atom. The van der Waals surface area contributed by atoms with E-state index in [4.69, 9.17) is 4.74 Å². The zero-order valence-corrected chi connectivity index (χ0v) is 22.0. The fraction of sp³-hybridized carbons (Fsp3) is 0.238. The summed E-state index contributed by atoms with van der Waals surface area (Å²) in [4.78, 5) is 15.5. The molecule has 2 aromatic carbocycles. The van der Waals surface area contributed by atoms with Gasteiger partial charge in [0.25, 0.3) is 0 Å². The summed E-state index contributed by atoms with van der Waals surface area (Å²) in [5, 5.41) is 27.0. The zero-order valence-electron chi connectivity index (χ0n) is 18.0. The van der Waals surface area contributed by atoms with Gasteiger partial charge in [0.2, 0.25) is 17.8 Å². The molecule has 4 rings (SSSR count). The van der Waals surface area contributed by atoms with E-state index in [1.807, 2.05) is 30.0 Å². The summed E-state index contributed by atoms with van der Waals surface area (Å²) in [5.41, 5.74) is 5.13. The van der Waals surface area contributed by atoms with E-state index in [9.17, 15) is 10.2 Å². The van der Waals surface area contributed by atoms with Gasteiger partial charge in [-0.25, -0.2) is 5.43 Å². The molecule has 34 heavy (non-hydrogen) atoms. The molecular formula is C21H22Br2ClN7O3. The summed E-state index contributed by atoms with van der Waals surface area (Å²) in [7, 11) is 0. The minimum absolute atomic E-state index is 0. The monoisotopic (exact) mass is 613 g/mol. The molecule has 3 aromatic rings. The summed E-state index contributed by atoms with van der Waals surface area (Å²) in [6, 6.07) is 8.70. The molecule has 0 saturated carbocycles. The molecule has 0 unspecified atom stereocenters. The number of aryl methyl sites for hydroxylation is 1. The average molecular weight is 616 g/mol. The Bertz CT molecular complexity index is 1190. The quantitative estimate of drug-likeness (QED) is 0.233.